The molecule has 2 heterocycles. The van der Waals surface area contributed by atoms with Gasteiger partial charge in [0.1, 0.15) is 11.9 Å². The monoisotopic (exact) mass is 408 g/mol. The van der Waals surface area contributed by atoms with Crippen LogP contribution in [0.25, 0.3) is 0 Å². The van der Waals surface area contributed by atoms with Gasteiger partial charge < -0.3 is 14.4 Å². The van der Waals surface area contributed by atoms with Crippen molar-refractivity contribution in [3.63, 3.8) is 0 Å². The van der Waals surface area contributed by atoms with E-state index in [2.05, 4.69) is 49.8 Å². The molecule has 5 nitrogen and oxygen atoms in total. The van der Waals surface area contributed by atoms with E-state index in [4.69, 9.17) is 9.47 Å². The molecular formula is C25H32N2O3. The standard InChI is InChI=1S/C25H32N2O3/c1-16-13-22(30-24(28)19-7-6-11-26-14-19)18(3)25(16)10-12-27(4)15-20-8-9-21(29-5)17(2)23(20)25/h6-9,11,14,16,18,22H,10,12-13,15H2,1-5H3/t16-,18?,22+,25-/m0/s1. The second-order valence-corrected chi connectivity index (χ2v) is 9.07. The highest BCUT2D eigenvalue weighted by molar-refractivity contribution is 5.89. The normalized spacial score (nSPS) is 28.8. The van der Waals surface area contributed by atoms with E-state index >= 15 is 0 Å². The summed E-state index contributed by atoms with van der Waals surface area (Å²) in [6.07, 6.45) is 5.04. The molecule has 1 aliphatic carbocycles. The number of esters is 1. The molecule has 1 fully saturated rings. The van der Waals surface area contributed by atoms with E-state index < -0.39 is 0 Å². The lowest BCUT2D eigenvalue weighted by molar-refractivity contribution is 0.0175. The lowest BCUT2D eigenvalue weighted by Gasteiger charge is -2.40. The zero-order chi connectivity index (χ0) is 21.5. The number of rotatable bonds is 3. The smallest absolute Gasteiger partial charge is 0.339 e. The molecule has 0 radical (unpaired) electrons. The summed E-state index contributed by atoms with van der Waals surface area (Å²) in [5.41, 5.74) is 4.47. The highest BCUT2D eigenvalue weighted by Gasteiger charge is 2.55. The van der Waals surface area contributed by atoms with Crippen molar-refractivity contribution in [3.8, 4) is 5.75 Å². The first-order chi connectivity index (χ1) is 14.4. The van der Waals surface area contributed by atoms with Crippen LogP contribution in [0.15, 0.2) is 36.7 Å². The molecule has 1 spiro atoms. The third-order valence-electron chi connectivity index (χ3n) is 7.53. The number of hydrogen-bond acceptors (Lipinski definition) is 5. The van der Waals surface area contributed by atoms with Gasteiger partial charge in [0.25, 0.3) is 0 Å². The molecule has 1 unspecified atom stereocenters. The van der Waals surface area contributed by atoms with Crippen LogP contribution < -0.4 is 4.74 Å². The van der Waals surface area contributed by atoms with Gasteiger partial charge in [0.2, 0.25) is 0 Å². The Morgan fingerprint density at radius 2 is 2.07 bits per heavy atom. The summed E-state index contributed by atoms with van der Waals surface area (Å²) in [4.78, 5) is 19.2. The zero-order valence-electron chi connectivity index (χ0n) is 18.6. The molecule has 5 heteroatoms. The lowest BCUT2D eigenvalue weighted by Crippen LogP contribution is -2.39. The summed E-state index contributed by atoms with van der Waals surface area (Å²) < 4.78 is 11.8. The SMILES string of the molecule is COc1ccc2c(c1C)[C@]1(CCN(C)C2)C(C)[C@H](OC(=O)c2cccnc2)C[C@@H]1C. The van der Waals surface area contributed by atoms with E-state index in [1.165, 1.54) is 16.7 Å². The van der Waals surface area contributed by atoms with E-state index in [1.54, 1.807) is 31.6 Å². The van der Waals surface area contributed by atoms with Crippen molar-refractivity contribution >= 4 is 5.97 Å². The van der Waals surface area contributed by atoms with Gasteiger partial charge in [0.05, 0.1) is 12.7 Å². The number of nitrogens with zero attached hydrogens (tertiary/aromatic N) is 2. The molecule has 1 aromatic carbocycles. The van der Waals surface area contributed by atoms with Crippen LogP contribution in [-0.4, -0.2) is 42.7 Å². The Labute approximate surface area is 179 Å². The van der Waals surface area contributed by atoms with Crippen LogP contribution in [0.3, 0.4) is 0 Å². The molecule has 4 atom stereocenters. The second kappa shape index (κ2) is 8.03. The van der Waals surface area contributed by atoms with Crippen LogP contribution >= 0.6 is 0 Å². The predicted octanol–water partition coefficient (Wildman–Crippen LogP) is 4.37. The largest absolute Gasteiger partial charge is 0.496 e. The number of carbonyl (C=O) groups is 1. The minimum atomic E-state index is -0.280. The fourth-order valence-corrected chi connectivity index (χ4v) is 5.95. The Bertz CT molecular complexity index is 929. The first-order valence-electron chi connectivity index (χ1n) is 10.8. The maximum absolute atomic E-state index is 12.8. The molecule has 0 amide bonds. The quantitative estimate of drug-likeness (QED) is 0.706. The molecule has 2 aromatic rings. The van der Waals surface area contributed by atoms with E-state index in [1.807, 2.05) is 0 Å². The number of benzene rings is 1. The van der Waals surface area contributed by atoms with Crippen LogP contribution in [0.1, 0.15) is 53.7 Å². The summed E-state index contributed by atoms with van der Waals surface area (Å²) in [5.74, 6) is 1.27. The predicted molar refractivity (Wildman–Crippen MR) is 117 cm³/mol. The number of fused-ring (bicyclic) bond motifs is 2. The van der Waals surface area contributed by atoms with E-state index in [0.717, 1.165) is 31.7 Å². The van der Waals surface area contributed by atoms with Crippen LogP contribution in [0.4, 0.5) is 0 Å². The van der Waals surface area contributed by atoms with Gasteiger partial charge in [-0.25, -0.2) is 4.79 Å². The van der Waals surface area contributed by atoms with Gasteiger partial charge >= 0.3 is 5.97 Å². The molecule has 30 heavy (non-hydrogen) atoms. The maximum atomic E-state index is 12.8. The van der Waals surface area contributed by atoms with Gasteiger partial charge in [0.15, 0.2) is 0 Å². The second-order valence-electron chi connectivity index (χ2n) is 9.07. The number of ether oxygens (including phenoxy) is 2. The Hall–Kier alpha value is -2.40. The average Bonchev–Trinajstić information content (AvgIpc) is 2.88. The average molecular weight is 409 g/mol. The summed E-state index contributed by atoms with van der Waals surface area (Å²) in [6.45, 7) is 8.72. The molecule has 0 N–H and O–H groups in total. The van der Waals surface area contributed by atoms with Gasteiger partial charge in [-0.15, -0.1) is 0 Å². The van der Waals surface area contributed by atoms with E-state index in [9.17, 15) is 4.79 Å². The summed E-state index contributed by atoms with van der Waals surface area (Å²) >= 11 is 0. The van der Waals surface area contributed by atoms with Crippen LogP contribution in [0.5, 0.6) is 5.75 Å². The maximum Gasteiger partial charge on any atom is 0.339 e. The molecule has 4 rings (SSSR count). The zero-order valence-corrected chi connectivity index (χ0v) is 18.6. The van der Waals surface area contributed by atoms with Gasteiger partial charge in [-0.2, -0.15) is 0 Å². The number of aromatic nitrogens is 1. The summed E-state index contributed by atoms with van der Waals surface area (Å²) in [5, 5.41) is 0. The lowest BCUT2D eigenvalue weighted by atomic mass is 9.63. The van der Waals surface area contributed by atoms with Crippen molar-refractivity contribution in [1.29, 1.82) is 0 Å². The Kier molecular flexibility index (Phi) is 5.58. The van der Waals surface area contributed by atoms with E-state index in [-0.39, 0.29) is 23.4 Å². The highest BCUT2D eigenvalue weighted by Crippen LogP contribution is 2.56. The van der Waals surface area contributed by atoms with Crippen molar-refractivity contribution in [2.75, 3.05) is 20.7 Å². The van der Waals surface area contributed by atoms with Gasteiger partial charge in [-0.05, 0) is 74.2 Å². The van der Waals surface area contributed by atoms with Gasteiger partial charge in [-0.3, -0.25) is 4.98 Å². The molecule has 1 aliphatic heterocycles. The third kappa shape index (κ3) is 3.29. The number of carbonyl (C=O) groups excluding carboxylic acids is 1. The van der Waals surface area contributed by atoms with Crippen molar-refractivity contribution < 1.29 is 14.3 Å². The minimum absolute atomic E-state index is 0.0431. The first-order valence-corrected chi connectivity index (χ1v) is 10.8. The van der Waals surface area contributed by atoms with Gasteiger partial charge in [0, 0.05) is 30.3 Å². The van der Waals surface area contributed by atoms with Crippen molar-refractivity contribution in [1.82, 2.24) is 9.88 Å². The fraction of sp³-hybridized carbons (Fsp3) is 0.520. The fourth-order valence-electron chi connectivity index (χ4n) is 5.95. The number of hydrogen-bond donors (Lipinski definition) is 0. The minimum Gasteiger partial charge on any atom is -0.496 e. The highest BCUT2D eigenvalue weighted by atomic mass is 16.5. The molecule has 1 aromatic heterocycles. The topological polar surface area (TPSA) is 51.7 Å². The number of pyridine rings is 1. The first kappa shape index (κ1) is 20.9. The molecule has 160 valence electrons. The molecule has 1 saturated carbocycles. The van der Waals surface area contributed by atoms with Crippen molar-refractivity contribution in [3.05, 3.63) is 58.9 Å². The van der Waals surface area contributed by atoms with Crippen LogP contribution in [0.2, 0.25) is 0 Å². The molecule has 2 aliphatic rings. The van der Waals surface area contributed by atoms with Gasteiger partial charge in [-0.1, -0.05) is 19.9 Å². The molecule has 0 bridgehead atoms. The number of methoxy groups -OCH3 is 1. The van der Waals surface area contributed by atoms with Crippen molar-refractivity contribution in [2.24, 2.45) is 11.8 Å². The molecular weight excluding hydrogens is 376 g/mol. The Morgan fingerprint density at radius 1 is 1.27 bits per heavy atom. The Balaban J connectivity index is 1.74. The Morgan fingerprint density at radius 3 is 2.77 bits per heavy atom. The van der Waals surface area contributed by atoms with Crippen molar-refractivity contribution in [2.45, 2.75) is 51.7 Å². The van der Waals surface area contributed by atoms with E-state index in [0.29, 0.717) is 11.5 Å². The van der Waals surface area contributed by atoms with Crippen LogP contribution in [0, 0.1) is 18.8 Å². The summed E-state index contributed by atoms with van der Waals surface area (Å²) in [6, 6.07) is 7.84. The summed E-state index contributed by atoms with van der Waals surface area (Å²) in [7, 11) is 3.93. The molecule has 0 saturated heterocycles. The third-order valence-corrected chi connectivity index (χ3v) is 7.53. The van der Waals surface area contributed by atoms with Crippen LogP contribution in [-0.2, 0) is 16.7 Å².